The van der Waals surface area contributed by atoms with E-state index < -0.39 is 10.0 Å². The Hall–Kier alpha value is -2.75. The van der Waals surface area contributed by atoms with Gasteiger partial charge < -0.3 is 14.9 Å². The van der Waals surface area contributed by atoms with Crippen LogP contribution in [-0.4, -0.2) is 51.1 Å². The molecular weight excluding hydrogens is 430 g/mol. The molecule has 0 saturated heterocycles. The van der Waals surface area contributed by atoms with Crippen LogP contribution < -0.4 is 14.5 Å². The molecule has 1 unspecified atom stereocenters. The van der Waals surface area contributed by atoms with Crippen LogP contribution in [0.15, 0.2) is 47.4 Å². The van der Waals surface area contributed by atoms with E-state index in [0.717, 1.165) is 24.0 Å². The highest BCUT2D eigenvalue weighted by atomic mass is 32.2. The van der Waals surface area contributed by atoms with Crippen LogP contribution in [0.2, 0.25) is 0 Å². The van der Waals surface area contributed by atoms with Crippen LogP contribution in [0, 0.1) is 5.92 Å². The first-order valence-electron chi connectivity index (χ1n) is 10.7. The Kier molecular flexibility index (Phi) is 6.07. The molecule has 2 aromatic rings. The molecule has 170 valence electrons. The zero-order valence-corrected chi connectivity index (χ0v) is 18.9. The number of hydrogen-bond acceptors (Lipinski definition) is 5. The van der Waals surface area contributed by atoms with E-state index in [2.05, 4.69) is 4.72 Å². The van der Waals surface area contributed by atoms with Gasteiger partial charge in [0, 0.05) is 25.9 Å². The second-order valence-electron chi connectivity index (χ2n) is 8.31. The summed E-state index contributed by atoms with van der Waals surface area (Å²) in [5.41, 5.74) is 3.03. The van der Waals surface area contributed by atoms with E-state index in [1.165, 1.54) is 19.1 Å². The molecule has 9 heteroatoms. The Labute approximate surface area is 187 Å². The maximum atomic E-state index is 13.0. The molecular formula is C23H27N3O5S. The van der Waals surface area contributed by atoms with E-state index in [9.17, 15) is 18.0 Å². The number of aliphatic hydroxyl groups is 1. The Balaban J connectivity index is 1.70. The van der Waals surface area contributed by atoms with Crippen molar-refractivity contribution >= 4 is 33.2 Å². The monoisotopic (exact) mass is 457 g/mol. The molecule has 4 rings (SSSR count). The van der Waals surface area contributed by atoms with Crippen molar-refractivity contribution < 1.29 is 23.1 Å². The third-order valence-electron chi connectivity index (χ3n) is 5.85. The third-order valence-corrected chi connectivity index (χ3v) is 7.32. The molecule has 0 bridgehead atoms. The van der Waals surface area contributed by atoms with Crippen molar-refractivity contribution in [3.8, 4) is 11.1 Å². The smallest absolute Gasteiger partial charge is 0.240 e. The van der Waals surface area contributed by atoms with E-state index in [1.807, 2.05) is 25.1 Å². The minimum atomic E-state index is -3.69. The third kappa shape index (κ3) is 4.28. The van der Waals surface area contributed by atoms with Crippen molar-refractivity contribution in [3.05, 3.63) is 42.5 Å². The Morgan fingerprint density at radius 1 is 1.06 bits per heavy atom. The van der Waals surface area contributed by atoms with Crippen LogP contribution in [-0.2, 0) is 19.6 Å². The average Bonchev–Trinajstić information content (AvgIpc) is 3.61. The number of carbonyl (C=O) groups excluding carboxylic acids is 2. The molecule has 8 nitrogen and oxygen atoms in total. The van der Waals surface area contributed by atoms with Crippen LogP contribution in [0.1, 0.15) is 26.7 Å². The fourth-order valence-corrected chi connectivity index (χ4v) is 5.15. The minimum absolute atomic E-state index is 0.0508. The first kappa shape index (κ1) is 22.4. The maximum absolute atomic E-state index is 13.0. The molecule has 0 spiro atoms. The highest BCUT2D eigenvalue weighted by Crippen LogP contribution is 2.42. The molecule has 1 aliphatic heterocycles. The van der Waals surface area contributed by atoms with Gasteiger partial charge in [0.25, 0.3) is 0 Å². The highest BCUT2D eigenvalue weighted by Gasteiger charge is 2.39. The number of hydrogen-bond donors (Lipinski definition) is 2. The van der Waals surface area contributed by atoms with Gasteiger partial charge in [0.1, 0.15) is 0 Å². The second kappa shape index (κ2) is 8.65. The lowest BCUT2D eigenvalue weighted by atomic mass is 10.00. The van der Waals surface area contributed by atoms with Gasteiger partial charge in [-0.2, -0.15) is 0 Å². The summed E-state index contributed by atoms with van der Waals surface area (Å²) in [5, 5.41) is 8.85. The quantitative estimate of drug-likeness (QED) is 0.691. The normalized spacial score (nSPS) is 18.4. The fraction of sp³-hybridized carbons (Fsp3) is 0.391. The lowest BCUT2D eigenvalue weighted by molar-refractivity contribution is -0.120. The van der Waals surface area contributed by atoms with Gasteiger partial charge in [0.2, 0.25) is 21.8 Å². The van der Waals surface area contributed by atoms with Crippen molar-refractivity contribution in [3.63, 3.8) is 0 Å². The summed E-state index contributed by atoms with van der Waals surface area (Å²) in [7, 11) is -3.69. The summed E-state index contributed by atoms with van der Waals surface area (Å²) in [5.74, 6) is 0.0725. The van der Waals surface area contributed by atoms with E-state index >= 15 is 0 Å². The maximum Gasteiger partial charge on any atom is 0.240 e. The number of sulfonamides is 1. The highest BCUT2D eigenvalue weighted by molar-refractivity contribution is 7.89. The molecule has 1 heterocycles. The summed E-state index contributed by atoms with van der Waals surface area (Å²) in [6.07, 6.45) is 1.80. The summed E-state index contributed by atoms with van der Waals surface area (Å²) >= 11 is 0. The summed E-state index contributed by atoms with van der Waals surface area (Å²) in [6.45, 7) is 3.58. The number of carbonyl (C=O) groups is 2. The van der Waals surface area contributed by atoms with Gasteiger partial charge in [0.15, 0.2) is 0 Å². The van der Waals surface area contributed by atoms with Crippen molar-refractivity contribution in [2.45, 2.75) is 37.6 Å². The van der Waals surface area contributed by atoms with Crippen LogP contribution >= 0.6 is 0 Å². The van der Waals surface area contributed by atoms with E-state index in [4.69, 9.17) is 5.11 Å². The van der Waals surface area contributed by atoms with Crippen molar-refractivity contribution in [1.82, 2.24) is 4.72 Å². The predicted molar refractivity (Wildman–Crippen MR) is 122 cm³/mol. The van der Waals surface area contributed by atoms with Crippen molar-refractivity contribution in [2.24, 2.45) is 5.92 Å². The van der Waals surface area contributed by atoms with Crippen molar-refractivity contribution in [2.75, 3.05) is 29.5 Å². The van der Waals surface area contributed by atoms with Crippen LogP contribution in [0.5, 0.6) is 0 Å². The Morgan fingerprint density at radius 2 is 1.72 bits per heavy atom. The molecule has 0 aromatic heterocycles. The van der Waals surface area contributed by atoms with E-state index in [0.29, 0.717) is 17.9 Å². The SMILES string of the molecule is CC(=O)N1c2ccc(-c3ccc(S(=O)(=O)NCCO)cc3)cc2N(C(=O)C2CC2)CC1C. The number of fused-ring (bicyclic) bond motifs is 1. The lowest BCUT2D eigenvalue weighted by Gasteiger charge is -2.41. The van der Waals surface area contributed by atoms with Gasteiger partial charge in [-0.15, -0.1) is 0 Å². The average molecular weight is 458 g/mol. The Morgan fingerprint density at radius 3 is 2.31 bits per heavy atom. The van der Waals surface area contributed by atoms with Gasteiger partial charge in [-0.25, -0.2) is 13.1 Å². The number of nitrogens with one attached hydrogen (secondary N) is 1. The van der Waals surface area contributed by atoms with Gasteiger partial charge >= 0.3 is 0 Å². The van der Waals surface area contributed by atoms with Gasteiger partial charge in [-0.3, -0.25) is 9.59 Å². The van der Waals surface area contributed by atoms with Crippen molar-refractivity contribution in [1.29, 1.82) is 0 Å². The zero-order chi connectivity index (χ0) is 23.0. The molecule has 1 fully saturated rings. The standard InChI is InChI=1S/C23H27N3O5S/c1-15-14-25(23(29)18-3-4-18)22-13-19(7-10-21(22)26(15)16(2)28)17-5-8-20(9-6-17)32(30,31)24-11-12-27/h5-10,13,15,18,24,27H,3-4,11-12,14H2,1-2H3. The minimum Gasteiger partial charge on any atom is -0.395 e. The number of amides is 2. The number of anilines is 2. The molecule has 0 radical (unpaired) electrons. The van der Waals surface area contributed by atoms with Gasteiger partial charge in [-0.05, 0) is 55.2 Å². The van der Waals surface area contributed by atoms with Gasteiger partial charge in [-0.1, -0.05) is 18.2 Å². The molecule has 2 aliphatic rings. The molecule has 1 saturated carbocycles. The Bertz CT molecular complexity index is 1140. The largest absolute Gasteiger partial charge is 0.395 e. The molecule has 2 amide bonds. The van der Waals surface area contributed by atoms with Crippen LogP contribution in [0.3, 0.4) is 0 Å². The first-order chi connectivity index (χ1) is 15.2. The number of aliphatic hydroxyl groups excluding tert-OH is 1. The van der Waals surface area contributed by atoms with Crippen LogP contribution in [0.4, 0.5) is 11.4 Å². The molecule has 2 aromatic carbocycles. The number of benzene rings is 2. The number of rotatable bonds is 6. The van der Waals surface area contributed by atoms with E-state index in [1.54, 1.807) is 21.9 Å². The zero-order valence-electron chi connectivity index (χ0n) is 18.1. The second-order valence-corrected chi connectivity index (χ2v) is 10.1. The summed E-state index contributed by atoms with van der Waals surface area (Å²) in [6, 6.07) is 11.9. The molecule has 32 heavy (non-hydrogen) atoms. The molecule has 1 aliphatic carbocycles. The van der Waals surface area contributed by atoms with E-state index in [-0.39, 0.29) is 41.8 Å². The topological polar surface area (TPSA) is 107 Å². The fourth-order valence-electron chi connectivity index (χ4n) is 4.13. The summed E-state index contributed by atoms with van der Waals surface area (Å²) in [4.78, 5) is 28.9. The van der Waals surface area contributed by atoms with Gasteiger partial charge in [0.05, 0.1) is 28.9 Å². The first-order valence-corrected chi connectivity index (χ1v) is 12.2. The molecule has 1 atom stereocenters. The van der Waals surface area contributed by atoms with Crippen LogP contribution in [0.25, 0.3) is 11.1 Å². The lowest BCUT2D eigenvalue weighted by Crippen LogP contribution is -2.51. The summed E-state index contributed by atoms with van der Waals surface area (Å²) < 4.78 is 26.8. The molecule has 2 N–H and O–H groups in total. The predicted octanol–water partition coefficient (Wildman–Crippen LogP) is 2.12. The number of nitrogens with zero attached hydrogens (tertiary/aromatic N) is 2.